The minimum Gasteiger partial charge on any atom is -0.351 e. The third kappa shape index (κ3) is 5.62. The molecule has 0 aromatic heterocycles. The number of amides is 3. The van der Waals surface area contributed by atoms with Crippen molar-refractivity contribution < 1.29 is 19.3 Å². The molecule has 2 aromatic carbocycles. The fraction of sp³-hybridized carbons (Fsp3) is 0.0588. The molecule has 11 heteroatoms. The molecule has 3 amide bonds. The number of ketones is 1. The van der Waals surface area contributed by atoms with E-state index in [0.717, 1.165) is 13.0 Å². The van der Waals surface area contributed by atoms with Gasteiger partial charge in [-0.1, -0.05) is 12.1 Å². The Balaban J connectivity index is 2.17. The van der Waals surface area contributed by atoms with Crippen LogP contribution in [0.5, 0.6) is 0 Å². The second kappa shape index (κ2) is 8.89. The number of nitro groups is 1. The lowest BCUT2D eigenvalue weighted by molar-refractivity contribution is -0.384. The third-order valence-electron chi connectivity index (χ3n) is 3.29. The van der Waals surface area contributed by atoms with Crippen molar-refractivity contribution in [1.82, 2.24) is 0 Å². The zero-order valence-corrected chi connectivity index (χ0v) is 14.6. The second-order valence-corrected chi connectivity index (χ2v) is 5.46. The van der Waals surface area contributed by atoms with Gasteiger partial charge in [-0.25, -0.2) is 4.79 Å². The highest BCUT2D eigenvalue weighted by Crippen LogP contribution is 2.17. The number of nitro benzene ring substituents is 1. The predicted molar refractivity (Wildman–Crippen MR) is 103 cm³/mol. The molecule has 0 aliphatic heterocycles. The van der Waals surface area contributed by atoms with E-state index in [4.69, 9.17) is 5.73 Å². The van der Waals surface area contributed by atoms with Crippen molar-refractivity contribution in [3.8, 4) is 0 Å². The molecule has 0 saturated carbocycles. The van der Waals surface area contributed by atoms with Gasteiger partial charge in [0.25, 0.3) is 11.6 Å². The van der Waals surface area contributed by atoms with Crippen LogP contribution in [-0.2, 0) is 9.59 Å². The number of Topliss-reactive ketones (excluding diaryl/α,β-unsaturated/α-hetero) is 1. The average molecular weight is 384 g/mol. The van der Waals surface area contributed by atoms with Crippen LogP contribution in [0.25, 0.3) is 0 Å². The van der Waals surface area contributed by atoms with Gasteiger partial charge in [0, 0.05) is 30.4 Å². The molecule has 0 bridgehead atoms. The summed E-state index contributed by atoms with van der Waals surface area (Å²) in [4.78, 5) is 45.2. The summed E-state index contributed by atoms with van der Waals surface area (Å²) in [6.07, 6.45) is 0. The van der Waals surface area contributed by atoms with E-state index in [0.29, 0.717) is 11.4 Å². The molecule has 5 N–H and O–H groups in total. The van der Waals surface area contributed by atoms with Crippen LogP contribution in [0.4, 0.5) is 27.5 Å². The second-order valence-electron chi connectivity index (χ2n) is 5.46. The van der Waals surface area contributed by atoms with E-state index in [1.54, 1.807) is 18.2 Å². The van der Waals surface area contributed by atoms with Crippen LogP contribution in [0, 0.1) is 10.1 Å². The lowest BCUT2D eigenvalue weighted by Crippen LogP contribution is -2.29. The molecule has 0 atom stereocenters. The maximum atomic E-state index is 12.3. The number of nitrogens with one attached hydrogen (secondary N) is 3. The fourth-order valence-electron chi connectivity index (χ4n) is 2.11. The first-order valence-corrected chi connectivity index (χ1v) is 7.83. The van der Waals surface area contributed by atoms with E-state index in [2.05, 4.69) is 21.2 Å². The third-order valence-corrected chi connectivity index (χ3v) is 3.29. The van der Waals surface area contributed by atoms with E-state index < -0.39 is 28.4 Å². The molecule has 2 rings (SSSR count). The number of nitrogens with two attached hydrogens (primary N) is 1. The van der Waals surface area contributed by atoms with Crippen molar-refractivity contribution in [1.29, 1.82) is 0 Å². The van der Waals surface area contributed by atoms with Gasteiger partial charge in [-0.3, -0.25) is 25.1 Å². The first-order valence-electron chi connectivity index (χ1n) is 7.83. The zero-order chi connectivity index (χ0) is 20.7. The summed E-state index contributed by atoms with van der Waals surface area (Å²) < 4.78 is 0. The average Bonchev–Trinajstić information content (AvgIpc) is 2.61. The van der Waals surface area contributed by atoms with Crippen LogP contribution in [0.3, 0.4) is 0 Å². The monoisotopic (exact) mass is 384 g/mol. The number of primary amides is 1. The van der Waals surface area contributed by atoms with Crippen LogP contribution in [0.15, 0.2) is 53.6 Å². The summed E-state index contributed by atoms with van der Waals surface area (Å²) >= 11 is 0. The van der Waals surface area contributed by atoms with Gasteiger partial charge < -0.3 is 16.4 Å². The lowest BCUT2D eigenvalue weighted by atomic mass is 10.2. The molecule has 0 fully saturated rings. The largest absolute Gasteiger partial charge is 0.351 e. The Morgan fingerprint density at radius 2 is 1.61 bits per heavy atom. The number of hydrogen-bond acceptors (Lipinski definition) is 7. The Hall–Kier alpha value is -4.28. The lowest BCUT2D eigenvalue weighted by Gasteiger charge is -2.08. The summed E-state index contributed by atoms with van der Waals surface area (Å²) in [5.74, 6) is -1.46. The quantitative estimate of drug-likeness (QED) is 0.246. The molecule has 28 heavy (non-hydrogen) atoms. The van der Waals surface area contributed by atoms with E-state index in [1.807, 2.05) is 0 Å². The molecule has 0 heterocycles. The van der Waals surface area contributed by atoms with Crippen LogP contribution >= 0.6 is 0 Å². The number of rotatable bonds is 7. The minimum atomic E-state index is -0.841. The number of nitrogens with zero attached hydrogens (tertiary/aromatic N) is 2. The summed E-state index contributed by atoms with van der Waals surface area (Å²) in [7, 11) is 0. The molecule has 144 valence electrons. The highest BCUT2D eigenvalue weighted by atomic mass is 16.6. The van der Waals surface area contributed by atoms with Crippen LogP contribution in [0.2, 0.25) is 0 Å². The first kappa shape index (κ1) is 20.0. The zero-order valence-electron chi connectivity index (χ0n) is 14.6. The summed E-state index contributed by atoms with van der Waals surface area (Å²) in [6, 6.07) is 10.8. The highest BCUT2D eigenvalue weighted by Gasteiger charge is 2.18. The van der Waals surface area contributed by atoms with Crippen molar-refractivity contribution in [3.05, 3.63) is 58.6 Å². The molecule has 0 saturated heterocycles. The van der Waals surface area contributed by atoms with Crippen LogP contribution in [-0.4, -0.2) is 28.4 Å². The Bertz CT molecular complexity index is 972. The fourth-order valence-corrected chi connectivity index (χ4v) is 2.11. The Labute approximate surface area is 158 Å². The molecular weight excluding hydrogens is 368 g/mol. The molecule has 11 nitrogen and oxygen atoms in total. The Morgan fingerprint density at radius 1 is 1.00 bits per heavy atom. The van der Waals surface area contributed by atoms with Gasteiger partial charge in [0.2, 0.25) is 0 Å². The highest BCUT2D eigenvalue weighted by molar-refractivity contribution is 6.67. The first-order chi connectivity index (χ1) is 13.3. The van der Waals surface area contributed by atoms with Crippen LogP contribution in [0.1, 0.15) is 6.92 Å². The van der Waals surface area contributed by atoms with Gasteiger partial charge in [0.15, 0.2) is 11.5 Å². The van der Waals surface area contributed by atoms with Gasteiger partial charge in [-0.15, -0.1) is 0 Å². The number of urea groups is 1. The standard InChI is InChI=1S/C17H16N6O5/c1-10(24)15(16(25)19-12-5-3-7-14(9-12)23(27)28)22-21-13-6-2-4-11(8-13)20-17(18)26/h2-9,21H,1H3,(H,19,25)(H3,18,20,26)/b22-15-. The molecule has 0 radical (unpaired) electrons. The molecular formula is C17H16N6O5. The van der Waals surface area contributed by atoms with Gasteiger partial charge in [0.1, 0.15) is 0 Å². The number of benzene rings is 2. The number of carbonyl (C=O) groups is 3. The van der Waals surface area contributed by atoms with Crippen molar-refractivity contribution in [3.63, 3.8) is 0 Å². The van der Waals surface area contributed by atoms with E-state index in [1.165, 1.54) is 24.3 Å². The molecule has 0 aliphatic carbocycles. The number of carbonyl (C=O) groups excluding carboxylic acids is 3. The normalized spacial score (nSPS) is 10.7. The Kier molecular flexibility index (Phi) is 6.36. The number of anilines is 3. The van der Waals surface area contributed by atoms with Gasteiger partial charge in [-0.2, -0.15) is 5.10 Å². The van der Waals surface area contributed by atoms with E-state index >= 15 is 0 Å². The Morgan fingerprint density at radius 3 is 2.21 bits per heavy atom. The molecule has 2 aromatic rings. The molecule has 0 unspecified atom stereocenters. The minimum absolute atomic E-state index is 0.140. The summed E-state index contributed by atoms with van der Waals surface area (Å²) in [5, 5.41) is 19.4. The number of non-ortho nitro benzene ring substituents is 1. The number of hydrazone groups is 1. The predicted octanol–water partition coefficient (Wildman–Crippen LogP) is 2.08. The maximum Gasteiger partial charge on any atom is 0.316 e. The van der Waals surface area contributed by atoms with Crippen molar-refractivity contribution in [2.24, 2.45) is 10.8 Å². The summed E-state index contributed by atoms with van der Waals surface area (Å²) in [5.41, 5.74) is 7.84. The molecule has 0 aliphatic rings. The van der Waals surface area contributed by atoms with Crippen molar-refractivity contribution in [2.75, 3.05) is 16.1 Å². The SMILES string of the molecule is CC(=O)/C(=N/Nc1cccc(NC(N)=O)c1)C(=O)Nc1cccc([N+](=O)[O-])c1. The van der Waals surface area contributed by atoms with Gasteiger partial charge in [-0.05, 0) is 24.3 Å². The van der Waals surface area contributed by atoms with Gasteiger partial charge in [0.05, 0.1) is 10.6 Å². The molecule has 0 spiro atoms. The van der Waals surface area contributed by atoms with Crippen molar-refractivity contribution >= 4 is 46.2 Å². The van der Waals surface area contributed by atoms with E-state index in [9.17, 15) is 24.5 Å². The van der Waals surface area contributed by atoms with Crippen molar-refractivity contribution in [2.45, 2.75) is 6.92 Å². The number of hydrogen-bond donors (Lipinski definition) is 4. The topological polar surface area (TPSA) is 169 Å². The van der Waals surface area contributed by atoms with E-state index in [-0.39, 0.29) is 11.4 Å². The smallest absolute Gasteiger partial charge is 0.316 e. The maximum absolute atomic E-state index is 12.3. The van der Waals surface area contributed by atoms with Crippen LogP contribution < -0.4 is 21.8 Å². The summed E-state index contributed by atoms with van der Waals surface area (Å²) in [6.45, 7) is 1.15. The van der Waals surface area contributed by atoms with Gasteiger partial charge >= 0.3 is 6.03 Å².